The van der Waals surface area contributed by atoms with Gasteiger partial charge < -0.3 is 33.2 Å². The highest BCUT2D eigenvalue weighted by Crippen LogP contribution is 2.48. The first-order valence-electron chi connectivity index (χ1n) is 12.9. The second kappa shape index (κ2) is 8.74. The zero-order chi connectivity index (χ0) is 22.7. The van der Waals surface area contributed by atoms with E-state index in [-0.39, 0.29) is 42.7 Å². The summed E-state index contributed by atoms with van der Waals surface area (Å²) in [6, 6.07) is 0. The van der Waals surface area contributed by atoms with E-state index in [2.05, 4.69) is 27.7 Å². The molecule has 184 valence electrons. The molecule has 7 nitrogen and oxygen atoms in total. The fourth-order valence-corrected chi connectivity index (χ4v) is 6.28. The summed E-state index contributed by atoms with van der Waals surface area (Å²) in [6.07, 6.45) is 4.59. The van der Waals surface area contributed by atoms with Crippen molar-refractivity contribution < 1.29 is 33.2 Å². The molecule has 1 saturated carbocycles. The van der Waals surface area contributed by atoms with E-state index in [9.17, 15) is 0 Å². The predicted molar refractivity (Wildman–Crippen MR) is 117 cm³/mol. The van der Waals surface area contributed by atoms with Gasteiger partial charge in [-0.15, -0.1) is 0 Å². The first kappa shape index (κ1) is 23.5. The molecule has 0 amide bonds. The lowest BCUT2D eigenvalue weighted by molar-refractivity contribution is -0.299. The Morgan fingerprint density at radius 3 is 2.25 bits per heavy atom. The Morgan fingerprint density at radius 2 is 1.59 bits per heavy atom. The lowest BCUT2D eigenvalue weighted by Gasteiger charge is -2.45. The van der Waals surface area contributed by atoms with Crippen molar-refractivity contribution in [3.05, 3.63) is 0 Å². The maximum Gasteiger partial charge on any atom is 0.190 e. The first-order valence-corrected chi connectivity index (χ1v) is 12.9. The van der Waals surface area contributed by atoms with Crippen LogP contribution < -0.4 is 0 Å². The van der Waals surface area contributed by atoms with Crippen LogP contribution in [-0.2, 0) is 33.2 Å². The molecule has 4 saturated heterocycles. The molecular formula is C25H42O7. The molecule has 4 unspecified atom stereocenters. The van der Waals surface area contributed by atoms with E-state index in [1.165, 1.54) is 6.42 Å². The second-order valence-electron chi connectivity index (χ2n) is 11.1. The fourth-order valence-electron chi connectivity index (χ4n) is 6.28. The summed E-state index contributed by atoms with van der Waals surface area (Å²) < 4.78 is 44.8. The van der Waals surface area contributed by atoms with Crippen LogP contribution in [0.2, 0.25) is 0 Å². The Bertz CT molecular complexity index is 661. The molecule has 0 radical (unpaired) electrons. The summed E-state index contributed by atoms with van der Waals surface area (Å²) in [4.78, 5) is 0. The third kappa shape index (κ3) is 4.16. The van der Waals surface area contributed by atoms with Crippen LogP contribution in [0.5, 0.6) is 0 Å². The number of rotatable bonds is 4. The third-order valence-corrected chi connectivity index (χ3v) is 8.58. The molecule has 5 rings (SSSR count). The molecule has 32 heavy (non-hydrogen) atoms. The van der Waals surface area contributed by atoms with Crippen molar-refractivity contribution in [1.82, 2.24) is 0 Å². The molecule has 4 heterocycles. The van der Waals surface area contributed by atoms with Gasteiger partial charge in [-0.1, -0.05) is 34.1 Å². The van der Waals surface area contributed by atoms with Crippen molar-refractivity contribution in [2.24, 2.45) is 17.8 Å². The van der Waals surface area contributed by atoms with E-state index in [1.54, 1.807) is 0 Å². The maximum absolute atomic E-state index is 6.77. The standard InChI is InChI=1S/C25H42O7/c1-7-17-15(3)14(2)16(4)22(27-17)29-20-19(18-13-26-24(5,6)30-18)28-23-21(20)31-25(32-23)11-9-8-10-12-25/h14-23H,7-13H2,1-6H3/t14-,15+,16?,17?,18?,19-,20-,21?,22-,23-/m0/s1. The summed E-state index contributed by atoms with van der Waals surface area (Å²) >= 11 is 0. The van der Waals surface area contributed by atoms with E-state index in [1.807, 2.05) is 13.8 Å². The van der Waals surface area contributed by atoms with Crippen LogP contribution >= 0.6 is 0 Å². The number of ether oxygens (including phenoxy) is 7. The Balaban J connectivity index is 1.37. The minimum Gasteiger partial charge on any atom is -0.349 e. The smallest absolute Gasteiger partial charge is 0.190 e. The molecule has 5 fully saturated rings. The van der Waals surface area contributed by atoms with Gasteiger partial charge in [-0.05, 0) is 44.9 Å². The summed E-state index contributed by atoms with van der Waals surface area (Å²) in [7, 11) is 0. The molecule has 0 aromatic rings. The molecule has 0 aromatic heterocycles. The second-order valence-corrected chi connectivity index (χ2v) is 11.1. The van der Waals surface area contributed by atoms with Gasteiger partial charge >= 0.3 is 0 Å². The van der Waals surface area contributed by atoms with Crippen molar-refractivity contribution in [3.8, 4) is 0 Å². The maximum atomic E-state index is 6.77. The molecular weight excluding hydrogens is 412 g/mol. The molecule has 5 aliphatic rings. The fraction of sp³-hybridized carbons (Fsp3) is 1.00. The summed E-state index contributed by atoms with van der Waals surface area (Å²) in [5.74, 6) is 0.122. The van der Waals surface area contributed by atoms with Crippen LogP contribution in [0.3, 0.4) is 0 Å². The number of hydrogen-bond donors (Lipinski definition) is 0. The molecule has 1 aliphatic carbocycles. The van der Waals surface area contributed by atoms with Crippen LogP contribution in [0.25, 0.3) is 0 Å². The van der Waals surface area contributed by atoms with Gasteiger partial charge in [0.1, 0.15) is 24.4 Å². The van der Waals surface area contributed by atoms with Gasteiger partial charge in [0, 0.05) is 18.8 Å². The Kier molecular flexibility index (Phi) is 6.41. The highest BCUT2D eigenvalue weighted by molar-refractivity contribution is 5.01. The zero-order valence-electron chi connectivity index (χ0n) is 20.6. The molecule has 0 bridgehead atoms. The van der Waals surface area contributed by atoms with Crippen LogP contribution in [-0.4, -0.2) is 61.3 Å². The Labute approximate surface area is 192 Å². The van der Waals surface area contributed by atoms with E-state index >= 15 is 0 Å². The molecule has 10 atom stereocenters. The summed E-state index contributed by atoms with van der Waals surface area (Å²) in [5.41, 5.74) is 0. The molecule has 7 heteroatoms. The van der Waals surface area contributed by atoms with Crippen LogP contribution in [0.1, 0.15) is 80.1 Å². The van der Waals surface area contributed by atoms with E-state index in [4.69, 9.17) is 33.2 Å². The third-order valence-electron chi connectivity index (χ3n) is 8.58. The van der Waals surface area contributed by atoms with Crippen molar-refractivity contribution in [3.63, 3.8) is 0 Å². The zero-order valence-corrected chi connectivity index (χ0v) is 20.6. The van der Waals surface area contributed by atoms with Gasteiger partial charge in [0.2, 0.25) is 0 Å². The van der Waals surface area contributed by atoms with Crippen LogP contribution in [0, 0.1) is 17.8 Å². The van der Waals surface area contributed by atoms with Gasteiger partial charge in [0.15, 0.2) is 24.2 Å². The molecule has 1 spiro atoms. The average Bonchev–Trinajstić information content (AvgIpc) is 3.39. The van der Waals surface area contributed by atoms with E-state index < -0.39 is 17.9 Å². The number of fused-ring (bicyclic) bond motifs is 1. The highest BCUT2D eigenvalue weighted by Gasteiger charge is 2.62. The largest absolute Gasteiger partial charge is 0.349 e. The summed E-state index contributed by atoms with van der Waals surface area (Å²) in [5, 5.41) is 0. The number of hydrogen-bond acceptors (Lipinski definition) is 7. The minimum absolute atomic E-state index is 0.193. The lowest BCUT2D eigenvalue weighted by atomic mass is 9.78. The van der Waals surface area contributed by atoms with Gasteiger partial charge in [0.05, 0.1) is 12.7 Å². The van der Waals surface area contributed by atoms with E-state index in [0.29, 0.717) is 18.4 Å². The SMILES string of the molecule is CCC1O[C@@H](O[C@@H]2C3OC4(CCCCC4)O[C@@H]3O[C@H]2C2COC(C)(C)O2)C(C)[C@@H](C)[C@H]1C. The highest BCUT2D eigenvalue weighted by atomic mass is 16.9. The van der Waals surface area contributed by atoms with Crippen molar-refractivity contribution in [2.45, 2.75) is 135 Å². The predicted octanol–water partition coefficient (Wildman–Crippen LogP) is 4.37. The lowest BCUT2D eigenvalue weighted by Crippen LogP contribution is -2.51. The van der Waals surface area contributed by atoms with Crippen LogP contribution in [0.4, 0.5) is 0 Å². The Hall–Kier alpha value is -0.280. The molecule has 0 N–H and O–H groups in total. The Morgan fingerprint density at radius 1 is 0.844 bits per heavy atom. The molecule has 4 aliphatic heterocycles. The topological polar surface area (TPSA) is 64.6 Å². The van der Waals surface area contributed by atoms with Crippen LogP contribution in [0.15, 0.2) is 0 Å². The van der Waals surface area contributed by atoms with Gasteiger partial charge in [-0.2, -0.15) is 0 Å². The van der Waals surface area contributed by atoms with Crippen molar-refractivity contribution in [2.75, 3.05) is 6.61 Å². The average molecular weight is 455 g/mol. The van der Waals surface area contributed by atoms with Crippen molar-refractivity contribution in [1.29, 1.82) is 0 Å². The van der Waals surface area contributed by atoms with E-state index in [0.717, 1.165) is 32.1 Å². The molecule has 0 aromatic carbocycles. The quantitative estimate of drug-likeness (QED) is 0.625. The monoisotopic (exact) mass is 454 g/mol. The van der Waals surface area contributed by atoms with Gasteiger partial charge in [0.25, 0.3) is 0 Å². The minimum atomic E-state index is -0.630. The summed E-state index contributed by atoms with van der Waals surface area (Å²) in [6.45, 7) is 13.3. The van der Waals surface area contributed by atoms with Gasteiger partial charge in [-0.3, -0.25) is 0 Å². The first-order chi connectivity index (χ1) is 15.2. The van der Waals surface area contributed by atoms with Gasteiger partial charge in [-0.25, -0.2) is 0 Å². The van der Waals surface area contributed by atoms with Crippen molar-refractivity contribution >= 4 is 0 Å². The normalized spacial score (nSPS) is 50.1.